The average molecular weight is 255 g/mol. The molecule has 6 heteroatoms. The Balaban J connectivity index is 2.44. The van der Waals surface area contributed by atoms with Crippen molar-refractivity contribution in [2.45, 2.75) is 6.92 Å². The van der Waals surface area contributed by atoms with Gasteiger partial charge in [0.2, 0.25) is 0 Å². The summed E-state index contributed by atoms with van der Waals surface area (Å²) in [7, 11) is 0. The highest BCUT2D eigenvalue weighted by Crippen LogP contribution is 2.26. The first-order valence-corrected chi connectivity index (χ1v) is 5.35. The van der Waals surface area contributed by atoms with Crippen LogP contribution < -0.4 is 4.74 Å². The van der Waals surface area contributed by atoms with Crippen molar-refractivity contribution in [3.63, 3.8) is 0 Å². The highest BCUT2D eigenvalue weighted by Gasteiger charge is 2.14. The van der Waals surface area contributed by atoms with Gasteiger partial charge < -0.3 is 9.84 Å². The van der Waals surface area contributed by atoms with E-state index in [1.54, 1.807) is 13.0 Å². The molecule has 94 valence electrons. The number of benzene rings is 1. The lowest BCUT2D eigenvalue weighted by atomic mass is 10.1. The fourth-order valence-corrected chi connectivity index (χ4v) is 1.48. The molecule has 1 aromatic heterocycles. The van der Waals surface area contributed by atoms with Gasteiger partial charge in [0.15, 0.2) is 0 Å². The van der Waals surface area contributed by atoms with Crippen molar-refractivity contribution < 1.29 is 14.6 Å². The Kier molecular flexibility index (Phi) is 3.39. The molecule has 0 aliphatic heterocycles. The number of aryl methyl sites for hydroxylation is 1. The third kappa shape index (κ3) is 2.66. The van der Waals surface area contributed by atoms with E-state index in [0.29, 0.717) is 0 Å². The minimum atomic E-state index is -1.11. The molecule has 0 saturated heterocycles. The SMILES string of the molecule is Cc1ccc(Oc2nnccc2C#N)c(C(=O)O)c1. The normalized spacial score (nSPS) is 9.68. The Morgan fingerprint density at radius 2 is 2.21 bits per heavy atom. The second-order valence-electron chi connectivity index (χ2n) is 3.77. The van der Waals surface area contributed by atoms with Crippen LogP contribution in [0, 0.1) is 18.3 Å². The number of hydrogen-bond acceptors (Lipinski definition) is 5. The van der Waals surface area contributed by atoms with Gasteiger partial charge in [-0.25, -0.2) is 4.79 Å². The van der Waals surface area contributed by atoms with E-state index in [2.05, 4.69) is 10.2 Å². The molecule has 1 aromatic carbocycles. The summed E-state index contributed by atoms with van der Waals surface area (Å²) in [6, 6.07) is 8.06. The predicted octanol–water partition coefficient (Wildman–Crippen LogP) is 2.15. The molecule has 0 radical (unpaired) electrons. The fraction of sp³-hybridized carbons (Fsp3) is 0.0769. The zero-order valence-corrected chi connectivity index (χ0v) is 9.99. The van der Waals surface area contributed by atoms with Gasteiger partial charge in [-0.15, -0.1) is 5.10 Å². The maximum Gasteiger partial charge on any atom is 0.339 e. The fourth-order valence-electron chi connectivity index (χ4n) is 1.48. The van der Waals surface area contributed by atoms with Gasteiger partial charge in [-0.2, -0.15) is 10.4 Å². The molecule has 0 bridgehead atoms. The van der Waals surface area contributed by atoms with Gasteiger partial charge in [-0.05, 0) is 25.1 Å². The van der Waals surface area contributed by atoms with Crippen LogP contribution in [0.1, 0.15) is 21.5 Å². The molecule has 0 amide bonds. The third-order valence-electron chi connectivity index (χ3n) is 2.38. The van der Waals surface area contributed by atoms with Gasteiger partial charge in [0.05, 0.1) is 6.20 Å². The van der Waals surface area contributed by atoms with Crippen LogP contribution in [-0.4, -0.2) is 21.3 Å². The molecule has 0 aliphatic carbocycles. The first kappa shape index (κ1) is 12.5. The van der Waals surface area contributed by atoms with E-state index in [1.165, 1.54) is 24.4 Å². The van der Waals surface area contributed by atoms with Crippen molar-refractivity contribution in [3.05, 3.63) is 47.2 Å². The smallest absolute Gasteiger partial charge is 0.339 e. The molecular weight excluding hydrogens is 246 g/mol. The van der Waals surface area contributed by atoms with Crippen LogP contribution >= 0.6 is 0 Å². The van der Waals surface area contributed by atoms with Crippen molar-refractivity contribution in [1.82, 2.24) is 10.2 Å². The number of ether oxygens (including phenoxy) is 1. The van der Waals surface area contributed by atoms with Crippen LogP contribution in [0.15, 0.2) is 30.5 Å². The number of aromatic carboxylic acids is 1. The quantitative estimate of drug-likeness (QED) is 0.902. The van der Waals surface area contributed by atoms with Crippen molar-refractivity contribution >= 4 is 5.97 Å². The van der Waals surface area contributed by atoms with E-state index in [4.69, 9.17) is 15.1 Å². The zero-order chi connectivity index (χ0) is 13.8. The molecule has 1 N–H and O–H groups in total. The molecule has 1 heterocycles. The first-order chi connectivity index (χ1) is 9.11. The monoisotopic (exact) mass is 255 g/mol. The molecule has 19 heavy (non-hydrogen) atoms. The number of hydrogen-bond donors (Lipinski definition) is 1. The molecule has 2 aromatic rings. The van der Waals surface area contributed by atoms with E-state index in [-0.39, 0.29) is 22.8 Å². The topological polar surface area (TPSA) is 96.1 Å². The first-order valence-electron chi connectivity index (χ1n) is 5.35. The van der Waals surface area contributed by atoms with Crippen LogP contribution in [0.3, 0.4) is 0 Å². The summed E-state index contributed by atoms with van der Waals surface area (Å²) in [5.74, 6) is -1.01. The lowest BCUT2D eigenvalue weighted by molar-refractivity contribution is 0.0694. The number of nitrogens with zero attached hydrogens (tertiary/aromatic N) is 3. The third-order valence-corrected chi connectivity index (χ3v) is 2.38. The van der Waals surface area contributed by atoms with Crippen LogP contribution in [0.4, 0.5) is 0 Å². The minimum absolute atomic E-state index is 0.00884. The number of rotatable bonds is 3. The second-order valence-corrected chi connectivity index (χ2v) is 3.77. The van der Waals surface area contributed by atoms with Crippen LogP contribution in [0.5, 0.6) is 11.6 Å². The van der Waals surface area contributed by atoms with Crippen molar-refractivity contribution in [2.24, 2.45) is 0 Å². The van der Waals surface area contributed by atoms with Crippen LogP contribution in [0.25, 0.3) is 0 Å². The van der Waals surface area contributed by atoms with E-state index in [9.17, 15) is 4.79 Å². The Bertz CT molecular complexity index is 677. The van der Waals surface area contributed by atoms with Crippen molar-refractivity contribution in [2.75, 3.05) is 0 Å². The Hall–Kier alpha value is -2.94. The molecule has 0 fully saturated rings. The van der Waals surface area contributed by atoms with Gasteiger partial charge in [-0.3, -0.25) is 0 Å². The summed E-state index contributed by atoms with van der Waals surface area (Å²) in [6.45, 7) is 1.78. The van der Waals surface area contributed by atoms with Crippen molar-refractivity contribution in [3.8, 4) is 17.7 Å². The highest BCUT2D eigenvalue weighted by molar-refractivity contribution is 5.91. The second kappa shape index (κ2) is 5.14. The summed E-state index contributed by atoms with van der Waals surface area (Å²) in [5.41, 5.74) is 0.992. The van der Waals surface area contributed by atoms with Crippen LogP contribution in [-0.2, 0) is 0 Å². The maximum atomic E-state index is 11.1. The molecule has 2 rings (SSSR count). The molecule has 0 atom stereocenters. The van der Waals surface area contributed by atoms with Gasteiger partial charge in [0.1, 0.15) is 22.9 Å². The predicted molar refractivity (Wildman–Crippen MR) is 65.0 cm³/mol. The number of carboxylic acids is 1. The lowest BCUT2D eigenvalue weighted by Crippen LogP contribution is -2.02. The number of nitriles is 1. The number of carboxylic acid groups (broad SMARTS) is 1. The molecule has 0 aliphatic rings. The Morgan fingerprint density at radius 1 is 1.42 bits per heavy atom. The summed E-state index contributed by atoms with van der Waals surface area (Å²) in [6.07, 6.45) is 1.36. The van der Waals surface area contributed by atoms with Crippen LogP contribution in [0.2, 0.25) is 0 Å². The molecular formula is C13H9N3O3. The highest BCUT2D eigenvalue weighted by atomic mass is 16.5. The maximum absolute atomic E-state index is 11.1. The van der Waals surface area contributed by atoms with Gasteiger partial charge in [0, 0.05) is 0 Å². The largest absolute Gasteiger partial charge is 0.478 e. The number of carbonyl (C=O) groups is 1. The van der Waals surface area contributed by atoms with E-state index in [0.717, 1.165) is 5.56 Å². The van der Waals surface area contributed by atoms with Gasteiger partial charge >= 0.3 is 5.97 Å². The summed E-state index contributed by atoms with van der Waals surface area (Å²) in [4.78, 5) is 11.1. The summed E-state index contributed by atoms with van der Waals surface area (Å²) >= 11 is 0. The Labute approximate surface area is 108 Å². The average Bonchev–Trinajstić information content (AvgIpc) is 2.41. The summed E-state index contributed by atoms with van der Waals surface area (Å²) < 4.78 is 5.37. The standard InChI is InChI=1S/C13H9N3O3/c1-8-2-3-11(10(6-8)13(17)18)19-12-9(7-14)4-5-15-16-12/h2-6H,1H3,(H,17,18). The summed E-state index contributed by atoms with van der Waals surface area (Å²) in [5, 5.41) is 25.3. The van der Waals surface area contributed by atoms with E-state index >= 15 is 0 Å². The van der Waals surface area contributed by atoms with Gasteiger partial charge in [0.25, 0.3) is 5.88 Å². The van der Waals surface area contributed by atoms with E-state index in [1.807, 2.05) is 6.07 Å². The number of aromatic nitrogens is 2. The molecule has 0 spiro atoms. The van der Waals surface area contributed by atoms with Gasteiger partial charge in [-0.1, -0.05) is 11.6 Å². The molecule has 0 saturated carbocycles. The minimum Gasteiger partial charge on any atom is -0.478 e. The van der Waals surface area contributed by atoms with Crippen molar-refractivity contribution in [1.29, 1.82) is 5.26 Å². The molecule has 6 nitrogen and oxygen atoms in total. The lowest BCUT2D eigenvalue weighted by Gasteiger charge is -2.08. The zero-order valence-electron chi connectivity index (χ0n) is 9.99. The Morgan fingerprint density at radius 3 is 2.89 bits per heavy atom. The van der Waals surface area contributed by atoms with E-state index < -0.39 is 5.97 Å². The molecule has 0 unspecified atom stereocenters.